The average Bonchev–Trinajstić information content (AvgIpc) is 2.47. The lowest BCUT2D eigenvalue weighted by Gasteiger charge is -2.13. The van der Waals surface area contributed by atoms with Crippen molar-refractivity contribution in [3.63, 3.8) is 0 Å². The molecular weight excluding hydrogens is 308 g/mol. The van der Waals surface area contributed by atoms with Crippen LogP contribution in [-0.2, 0) is 0 Å². The predicted molar refractivity (Wildman–Crippen MR) is 94.1 cm³/mol. The van der Waals surface area contributed by atoms with Gasteiger partial charge in [-0.2, -0.15) is 0 Å². The maximum atomic E-state index is 3.97. The lowest BCUT2D eigenvalue weighted by molar-refractivity contribution is 1.54. The smallest absolute Gasteiger partial charge is 0.0260 e. The van der Waals surface area contributed by atoms with Crippen molar-refractivity contribution in [3.8, 4) is 0 Å². The van der Waals surface area contributed by atoms with Gasteiger partial charge in [-0.3, -0.25) is 0 Å². The number of hydrogen-bond acceptors (Lipinski definition) is 0. The molecule has 0 atom stereocenters. The molecule has 20 heavy (non-hydrogen) atoms. The molecule has 3 rings (SSSR count). The van der Waals surface area contributed by atoms with Gasteiger partial charge < -0.3 is 0 Å². The van der Waals surface area contributed by atoms with Gasteiger partial charge in [0.2, 0.25) is 0 Å². The van der Waals surface area contributed by atoms with E-state index in [1.54, 1.807) is 0 Å². The summed E-state index contributed by atoms with van der Waals surface area (Å²) in [7, 11) is 0. The van der Waals surface area contributed by atoms with Crippen molar-refractivity contribution in [1.82, 2.24) is 0 Å². The van der Waals surface area contributed by atoms with Crippen molar-refractivity contribution in [2.75, 3.05) is 0 Å². The summed E-state index contributed by atoms with van der Waals surface area (Å²) < 4.78 is 1.06. The zero-order valence-corrected chi connectivity index (χ0v) is 13.0. The normalized spacial score (nSPS) is 10.9. The van der Waals surface area contributed by atoms with E-state index in [1.165, 1.54) is 27.1 Å². The van der Waals surface area contributed by atoms with E-state index in [0.29, 0.717) is 0 Å². The van der Waals surface area contributed by atoms with Crippen molar-refractivity contribution in [1.29, 1.82) is 0 Å². The third-order valence-electron chi connectivity index (χ3n) is 3.81. The van der Waals surface area contributed by atoms with Crippen LogP contribution in [0.15, 0.2) is 54.0 Å². The monoisotopic (exact) mass is 322 g/mol. The van der Waals surface area contributed by atoms with E-state index in [4.69, 9.17) is 0 Å². The Morgan fingerprint density at radius 3 is 2.15 bits per heavy atom. The van der Waals surface area contributed by atoms with E-state index in [9.17, 15) is 0 Å². The van der Waals surface area contributed by atoms with Crippen molar-refractivity contribution in [2.45, 2.75) is 6.92 Å². The topological polar surface area (TPSA) is 0 Å². The Morgan fingerprint density at radius 2 is 1.50 bits per heavy atom. The van der Waals surface area contributed by atoms with Crippen LogP contribution in [0.2, 0.25) is 0 Å². The Morgan fingerprint density at radius 1 is 0.850 bits per heavy atom. The quantitative estimate of drug-likeness (QED) is 0.482. The van der Waals surface area contributed by atoms with Crippen LogP contribution < -0.4 is 0 Å². The van der Waals surface area contributed by atoms with E-state index in [1.807, 2.05) is 12.2 Å². The maximum Gasteiger partial charge on any atom is 0.0260 e. The van der Waals surface area contributed by atoms with Crippen LogP contribution in [0, 0.1) is 6.92 Å². The number of hydrogen-bond donors (Lipinski definition) is 0. The van der Waals surface area contributed by atoms with E-state index >= 15 is 0 Å². The van der Waals surface area contributed by atoms with Crippen molar-refractivity contribution < 1.29 is 0 Å². The molecule has 0 aliphatic heterocycles. The van der Waals surface area contributed by atoms with Gasteiger partial charge in [0.15, 0.2) is 0 Å². The van der Waals surface area contributed by atoms with Crippen LogP contribution >= 0.6 is 15.9 Å². The molecule has 0 heterocycles. The number of halogens is 1. The molecule has 0 amide bonds. The summed E-state index contributed by atoms with van der Waals surface area (Å²) in [4.78, 5) is 0. The molecular formula is C19H15Br. The molecule has 1 heteroatoms. The Balaban J connectivity index is 2.64. The third-order valence-corrected chi connectivity index (χ3v) is 4.47. The first-order valence-corrected chi connectivity index (χ1v) is 7.36. The second kappa shape index (κ2) is 4.92. The van der Waals surface area contributed by atoms with E-state index in [2.05, 4.69) is 72.4 Å². The predicted octanol–water partition coefficient (Wildman–Crippen LogP) is 6.35. The molecule has 0 nitrogen and oxygen atoms in total. The first-order chi connectivity index (χ1) is 9.67. The van der Waals surface area contributed by atoms with E-state index < -0.39 is 0 Å². The van der Waals surface area contributed by atoms with Gasteiger partial charge >= 0.3 is 0 Å². The Kier molecular flexibility index (Phi) is 3.23. The second-order valence-corrected chi connectivity index (χ2v) is 5.78. The number of fused-ring (bicyclic) bond motifs is 3. The van der Waals surface area contributed by atoms with E-state index in [0.717, 1.165) is 15.6 Å². The fourth-order valence-electron chi connectivity index (χ4n) is 2.86. The van der Waals surface area contributed by atoms with Gasteiger partial charge in [0.05, 0.1) is 0 Å². The summed E-state index contributed by atoms with van der Waals surface area (Å²) in [6.45, 7) is 10.0. The fourth-order valence-corrected chi connectivity index (χ4v) is 3.47. The lowest BCUT2D eigenvalue weighted by atomic mass is 9.92. The zero-order valence-electron chi connectivity index (χ0n) is 11.4. The SMILES string of the molecule is C=Cc1c(Br)cc2c(cc(C)c3ccccc32)c1C=C. The molecule has 0 saturated heterocycles. The minimum absolute atomic E-state index is 1.06. The van der Waals surface area contributed by atoms with Gasteiger partial charge in [0.25, 0.3) is 0 Å². The van der Waals surface area contributed by atoms with Gasteiger partial charge in [-0.25, -0.2) is 0 Å². The van der Waals surface area contributed by atoms with Crippen LogP contribution in [0.25, 0.3) is 33.7 Å². The molecule has 3 aromatic rings. The van der Waals surface area contributed by atoms with Crippen molar-refractivity contribution in [3.05, 3.63) is 70.7 Å². The summed E-state index contributed by atoms with van der Waals surface area (Å²) in [5, 5.41) is 5.06. The van der Waals surface area contributed by atoms with Gasteiger partial charge in [-0.1, -0.05) is 71.6 Å². The highest BCUT2D eigenvalue weighted by atomic mass is 79.9. The van der Waals surface area contributed by atoms with Gasteiger partial charge in [0, 0.05) is 4.47 Å². The molecule has 0 saturated carbocycles. The molecule has 0 radical (unpaired) electrons. The third kappa shape index (κ3) is 1.82. The zero-order chi connectivity index (χ0) is 14.3. The van der Waals surface area contributed by atoms with Crippen LogP contribution in [0.3, 0.4) is 0 Å². The highest BCUT2D eigenvalue weighted by Crippen LogP contribution is 2.36. The summed E-state index contributed by atoms with van der Waals surface area (Å²) in [5.41, 5.74) is 3.52. The lowest BCUT2D eigenvalue weighted by Crippen LogP contribution is -1.90. The molecule has 0 spiro atoms. The standard InChI is InChI=1S/C19H15Br/c1-4-13-14(5-2)19(20)11-18-16-9-7-6-8-15(16)12(3)10-17(13)18/h4-11H,1-2H2,3H3. The number of aryl methyl sites for hydroxylation is 1. The second-order valence-electron chi connectivity index (χ2n) is 4.93. The van der Waals surface area contributed by atoms with Crippen LogP contribution in [-0.4, -0.2) is 0 Å². The summed E-state index contributed by atoms with van der Waals surface area (Å²) in [6, 6.07) is 13.0. The Hall–Kier alpha value is -1.86. The molecule has 3 aromatic carbocycles. The largest absolute Gasteiger partial charge is 0.0984 e. The molecule has 0 bridgehead atoms. The number of rotatable bonds is 2. The Bertz CT molecular complexity index is 857. The number of benzene rings is 3. The van der Waals surface area contributed by atoms with Gasteiger partial charge in [-0.15, -0.1) is 0 Å². The first kappa shape index (κ1) is 13.1. The fraction of sp³-hybridized carbons (Fsp3) is 0.0526. The minimum Gasteiger partial charge on any atom is -0.0984 e. The van der Waals surface area contributed by atoms with Crippen molar-refractivity contribution in [2.24, 2.45) is 0 Å². The molecule has 0 aliphatic carbocycles. The molecule has 0 aliphatic rings. The Labute approximate surface area is 127 Å². The summed E-state index contributed by atoms with van der Waals surface area (Å²) in [5.74, 6) is 0. The highest BCUT2D eigenvalue weighted by molar-refractivity contribution is 9.10. The van der Waals surface area contributed by atoms with Crippen LogP contribution in [0.4, 0.5) is 0 Å². The summed E-state index contributed by atoms with van der Waals surface area (Å²) in [6.07, 6.45) is 3.80. The minimum atomic E-state index is 1.06. The highest BCUT2D eigenvalue weighted by Gasteiger charge is 2.11. The average molecular weight is 323 g/mol. The molecule has 0 N–H and O–H groups in total. The first-order valence-electron chi connectivity index (χ1n) is 6.56. The van der Waals surface area contributed by atoms with Crippen molar-refractivity contribution >= 4 is 49.6 Å². The summed E-state index contributed by atoms with van der Waals surface area (Å²) >= 11 is 3.65. The maximum absolute atomic E-state index is 3.97. The van der Waals surface area contributed by atoms with Gasteiger partial charge in [-0.05, 0) is 51.2 Å². The molecule has 0 aromatic heterocycles. The molecule has 98 valence electrons. The van der Waals surface area contributed by atoms with E-state index in [-0.39, 0.29) is 0 Å². The molecule has 0 unspecified atom stereocenters. The van der Waals surface area contributed by atoms with Crippen LogP contribution in [0.1, 0.15) is 16.7 Å². The van der Waals surface area contributed by atoms with Crippen LogP contribution in [0.5, 0.6) is 0 Å². The van der Waals surface area contributed by atoms with Gasteiger partial charge in [0.1, 0.15) is 0 Å². The molecule has 0 fully saturated rings.